The van der Waals surface area contributed by atoms with Crippen molar-refractivity contribution in [1.82, 2.24) is 9.97 Å². The summed E-state index contributed by atoms with van der Waals surface area (Å²) in [5.41, 5.74) is 4.56. The topological polar surface area (TPSA) is 66.9 Å². The Morgan fingerprint density at radius 3 is 2.46 bits per heavy atom. The van der Waals surface area contributed by atoms with E-state index in [2.05, 4.69) is 20.6 Å². The Kier molecular flexibility index (Phi) is 5.19. The number of para-hydroxylation sites is 1. The van der Waals surface area contributed by atoms with E-state index in [0.29, 0.717) is 22.4 Å². The third-order valence-electron chi connectivity index (χ3n) is 4.06. The van der Waals surface area contributed by atoms with Crippen molar-refractivity contribution >= 4 is 34.8 Å². The van der Waals surface area contributed by atoms with E-state index in [9.17, 15) is 4.79 Å². The van der Waals surface area contributed by atoms with Crippen LogP contribution in [-0.4, -0.2) is 15.9 Å². The molecule has 0 aliphatic carbocycles. The molecule has 132 valence electrons. The van der Waals surface area contributed by atoms with Gasteiger partial charge in [-0.3, -0.25) is 4.79 Å². The third kappa shape index (κ3) is 4.00. The second-order valence-electron chi connectivity index (χ2n) is 6.02. The van der Waals surface area contributed by atoms with Gasteiger partial charge in [0.15, 0.2) is 0 Å². The number of nitrogens with one attached hydrogen (secondary N) is 2. The van der Waals surface area contributed by atoms with Crippen LogP contribution in [0, 0.1) is 20.8 Å². The summed E-state index contributed by atoms with van der Waals surface area (Å²) in [6, 6.07) is 14.7. The summed E-state index contributed by atoms with van der Waals surface area (Å²) in [5, 5.41) is 6.53. The zero-order valence-corrected chi connectivity index (χ0v) is 15.6. The van der Waals surface area contributed by atoms with Crippen LogP contribution < -0.4 is 10.6 Å². The molecule has 0 saturated carbocycles. The van der Waals surface area contributed by atoms with Crippen molar-refractivity contribution in [1.29, 1.82) is 0 Å². The van der Waals surface area contributed by atoms with Gasteiger partial charge in [-0.2, -0.15) is 0 Å². The molecule has 6 heteroatoms. The van der Waals surface area contributed by atoms with Gasteiger partial charge in [-0.1, -0.05) is 35.9 Å². The molecule has 0 radical (unpaired) electrons. The van der Waals surface area contributed by atoms with Crippen LogP contribution in [0.1, 0.15) is 27.3 Å². The number of rotatable bonds is 4. The number of aromatic nitrogens is 2. The van der Waals surface area contributed by atoms with Gasteiger partial charge >= 0.3 is 0 Å². The molecule has 1 aromatic heterocycles. The highest BCUT2D eigenvalue weighted by Gasteiger charge is 2.13. The van der Waals surface area contributed by atoms with Crippen molar-refractivity contribution in [3.8, 4) is 0 Å². The lowest BCUT2D eigenvalue weighted by molar-refractivity contribution is 0.102. The summed E-state index contributed by atoms with van der Waals surface area (Å²) in [6.07, 6.45) is 0. The fourth-order valence-corrected chi connectivity index (χ4v) is 2.68. The van der Waals surface area contributed by atoms with Gasteiger partial charge in [0.05, 0.1) is 10.7 Å². The molecule has 3 aromatic rings. The number of anilines is 3. The molecule has 0 fully saturated rings. The number of hydrogen-bond donors (Lipinski definition) is 2. The number of aryl methyl sites for hydroxylation is 2. The van der Waals surface area contributed by atoms with Gasteiger partial charge in [0.2, 0.25) is 5.95 Å². The minimum absolute atomic E-state index is 0.285. The van der Waals surface area contributed by atoms with Crippen LogP contribution in [0.2, 0.25) is 5.02 Å². The molecule has 1 amide bonds. The summed E-state index contributed by atoms with van der Waals surface area (Å²) >= 11 is 6.16. The van der Waals surface area contributed by atoms with E-state index in [-0.39, 0.29) is 11.6 Å². The quantitative estimate of drug-likeness (QED) is 0.678. The van der Waals surface area contributed by atoms with E-state index >= 15 is 0 Å². The number of carbonyl (C=O) groups excluding carboxylic acids is 1. The minimum Gasteiger partial charge on any atom is -0.323 e. The molecular weight excluding hydrogens is 348 g/mol. The monoisotopic (exact) mass is 366 g/mol. The number of amides is 1. The Morgan fingerprint density at radius 2 is 1.69 bits per heavy atom. The van der Waals surface area contributed by atoms with Crippen LogP contribution in [0.15, 0.2) is 48.5 Å². The highest BCUT2D eigenvalue weighted by molar-refractivity contribution is 6.33. The summed E-state index contributed by atoms with van der Waals surface area (Å²) < 4.78 is 0. The molecule has 2 aromatic carbocycles. The average molecular weight is 367 g/mol. The van der Waals surface area contributed by atoms with Crippen molar-refractivity contribution in [2.45, 2.75) is 20.8 Å². The SMILES string of the molecule is Cc1cc(C(=O)Nc2cccc(C)c2C)nc(Nc2ccccc2Cl)n1. The van der Waals surface area contributed by atoms with Gasteiger partial charge in [0, 0.05) is 11.4 Å². The third-order valence-corrected chi connectivity index (χ3v) is 4.39. The Morgan fingerprint density at radius 1 is 0.962 bits per heavy atom. The maximum atomic E-state index is 12.6. The number of nitrogens with zero attached hydrogens (tertiary/aromatic N) is 2. The molecule has 0 atom stereocenters. The van der Waals surface area contributed by atoms with Crippen LogP contribution in [-0.2, 0) is 0 Å². The lowest BCUT2D eigenvalue weighted by atomic mass is 10.1. The first kappa shape index (κ1) is 17.9. The fourth-order valence-electron chi connectivity index (χ4n) is 2.50. The molecule has 5 nitrogen and oxygen atoms in total. The molecule has 0 saturated heterocycles. The highest BCUT2D eigenvalue weighted by atomic mass is 35.5. The van der Waals surface area contributed by atoms with Gasteiger partial charge < -0.3 is 10.6 Å². The molecule has 0 bridgehead atoms. The van der Waals surface area contributed by atoms with Crippen molar-refractivity contribution in [2.75, 3.05) is 10.6 Å². The zero-order valence-electron chi connectivity index (χ0n) is 14.8. The van der Waals surface area contributed by atoms with Crippen molar-refractivity contribution < 1.29 is 4.79 Å². The lowest BCUT2D eigenvalue weighted by Gasteiger charge is -2.12. The van der Waals surface area contributed by atoms with Crippen LogP contribution in [0.5, 0.6) is 0 Å². The van der Waals surface area contributed by atoms with E-state index in [4.69, 9.17) is 11.6 Å². The normalized spacial score (nSPS) is 10.5. The first-order valence-electron chi connectivity index (χ1n) is 8.19. The molecular formula is C20H19ClN4O. The summed E-state index contributed by atoms with van der Waals surface area (Å²) in [5.74, 6) is 0.0376. The van der Waals surface area contributed by atoms with E-state index in [1.54, 1.807) is 12.1 Å². The van der Waals surface area contributed by atoms with E-state index < -0.39 is 0 Å². The molecule has 1 heterocycles. The molecule has 0 unspecified atom stereocenters. The minimum atomic E-state index is -0.286. The summed E-state index contributed by atoms with van der Waals surface area (Å²) in [6.45, 7) is 5.79. The highest BCUT2D eigenvalue weighted by Crippen LogP contribution is 2.24. The van der Waals surface area contributed by atoms with Gasteiger partial charge in [-0.15, -0.1) is 0 Å². The molecule has 0 spiro atoms. The van der Waals surface area contributed by atoms with Crippen molar-refractivity contribution in [3.63, 3.8) is 0 Å². The Balaban J connectivity index is 1.86. The van der Waals surface area contributed by atoms with E-state index in [1.165, 1.54) is 0 Å². The largest absolute Gasteiger partial charge is 0.323 e. The van der Waals surface area contributed by atoms with Crippen LogP contribution in [0.3, 0.4) is 0 Å². The number of carbonyl (C=O) groups is 1. The average Bonchev–Trinajstić information content (AvgIpc) is 2.60. The van der Waals surface area contributed by atoms with Crippen LogP contribution >= 0.6 is 11.6 Å². The first-order chi connectivity index (χ1) is 12.4. The van der Waals surface area contributed by atoms with Crippen molar-refractivity contribution in [2.24, 2.45) is 0 Å². The lowest BCUT2D eigenvalue weighted by Crippen LogP contribution is -2.16. The van der Waals surface area contributed by atoms with Crippen molar-refractivity contribution in [3.05, 3.63) is 76.1 Å². The molecule has 2 N–H and O–H groups in total. The van der Waals surface area contributed by atoms with Gasteiger partial charge in [0.25, 0.3) is 5.91 Å². The summed E-state index contributed by atoms with van der Waals surface area (Å²) in [7, 11) is 0. The smallest absolute Gasteiger partial charge is 0.274 e. The maximum Gasteiger partial charge on any atom is 0.274 e. The first-order valence-corrected chi connectivity index (χ1v) is 8.56. The number of halogens is 1. The van der Waals surface area contributed by atoms with E-state index in [0.717, 1.165) is 16.8 Å². The summed E-state index contributed by atoms with van der Waals surface area (Å²) in [4.78, 5) is 21.3. The predicted molar refractivity (Wildman–Crippen MR) is 105 cm³/mol. The van der Waals surface area contributed by atoms with Gasteiger partial charge in [0.1, 0.15) is 5.69 Å². The fraction of sp³-hybridized carbons (Fsp3) is 0.150. The van der Waals surface area contributed by atoms with Gasteiger partial charge in [-0.25, -0.2) is 9.97 Å². The van der Waals surface area contributed by atoms with Gasteiger partial charge in [-0.05, 0) is 56.2 Å². The second kappa shape index (κ2) is 7.54. The number of benzene rings is 2. The molecule has 0 aliphatic heterocycles. The predicted octanol–water partition coefficient (Wildman–Crippen LogP) is 5.05. The maximum absolute atomic E-state index is 12.6. The van der Waals surface area contributed by atoms with Crippen LogP contribution in [0.4, 0.5) is 17.3 Å². The molecule has 3 rings (SSSR count). The molecule has 26 heavy (non-hydrogen) atoms. The zero-order chi connectivity index (χ0) is 18.7. The van der Waals surface area contributed by atoms with E-state index in [1.807, 2.05) is 57.2 Å². The number of hydrogen-bond acceptors (Lipinski definition) is 4. The standard InChI is InChI=1S/C20H19ClN4O/c1-12-7-6-10-16(14(12)3)23-19(26)18-11-13(2)22-20(25-18)24-17-9-5-4-8-15(17)21/h4-11H,1-3H3,(H,23,26)(H,22,24,25). The second-order valence-corrected chi connectivity index (χ2v) is 6.43. The Hall–Kier alpha value is -2.92. The Labute approximate surface area is 157 Å². The Bertz CT molecular complexity index is 972. The molecule has 0 aliphatic rings. The van der Waals surface area contributed by atoms with Crippen LogP contribution in [0.25, 0.3) is 0 Å².